The van der Waals surface area contributed by atoms with E-state index in [1.54, 1.807) is 30.3 Å². The molecule has 8 nitrogen and oxygen atoms in total. The summed E-state index contributed by atoms with van der Waals surface area (Å²) in [6.07, 6.45) is -4.53. The van der Waals surface area contributed by atoms with Gasteiger partial charge in [-0.25, -0.2) is 4.98 Å². The number of carbonyl (C=O) groups is 2. The molecule has 0 spiro atoms. The molecule has 4 N–H and O–H groups in total. The molecule has 2 aromatic carbocycles. The van der Waals surface area contributed by atoms with Gasteiger partial charge in [-0.3, -0.25) is 9.59 Å². The van der Waals surface area contributed by atoms with Crippen molar-refractivity contribution >= 4 is 11.8 Å². The van der Waals surface area contributed by atoms with Crippen molar-refractivity contribution in [3.8, 4) is 11.6 Å². The molecule has 2 amide bonds. The number of benzene rings is 2. The second-order valence-electron chi connectivity index (χ2n) is 6.62. The molecule has 0 radical (unpaired) electrons. The lowest BCUT2D eigenvalue weighted by Gasteiger charge is -2.11. The van der Waals surface area contributed by atoms with Crippen molar-refractivity contribution in [2.75, 3.05) is 0 Å². The van der Waals surface area contributed by atoms with Crippen molar-refractivity contribution in [1.82, 2.24) is 20.6 Å². The minimum Gasteiger partial charge on any atom is -0.501 e. The Bertz CT molecular complexity index is 1140. The largest absolute Gasteiger partial charge is 0.501 e. The normalized spacial score (nSPS) is 11.1. The number of nitrogens with zero attached hydrogens (tertiary/aromatic N) is 2. The van der Waals surface area contributed by atoms with Crippen LogP contribution in [-0.2, 0) is 19.3 Å². The maximum absolute atomic E-state index is 12.8. The zero-order chi connectivity index (χ0) is 23.3. The van der Waals surface area contributed by atoms with Gasteiger partial charge >= 0.3 is 6.18 Å². The molecule has 32 heavy (non-hydrogen) atoms. The summed E-state index contributed by atoms with van der Waals surface area (Å²) in [5, 5.41) is 24.5. The number of hydrogen-bond donors (Lipinski definition) is 4. The Kier molecular flexibility index (Phi) is 6.57. The summed E-state index contributed by atoms with van der Waals surface area (Å²) in [6, 6.07) is 13.2. The van der Waals surface area contributed by atoms with E-state index in [-0.39, 0.29) is 18.7 Å². The van der Waals surface area contributed by atoms with Gasteiger partial charge in [0.2, 0.25) is 11.6 Å². The molecular formula is C21H17F3N4O4. The SMILES string of the molecule is O=C(NCc1cccc(C(F)(F)F)c1)c1nc(O)c(O)c(C(=O)NCc2ccccc2)n1. The predicted octanol–water partition coefficient (Wildman–Crippen LogP) is 2.77. The fraction of sp³-hybridized carbons (Fsp3) is 0.143. The first kappa shape index (κ1) is 22.5. The highest BCUT2D eigenvalue weighted by Crippen LogP contribution is 2.29. The Morgan fingerprint density at radius 3 is 2.16 bits per heavy atom. The molecule has 0 aliphatic rings. The van der Waals surface area contributed by atoms with Gasteiger partial charge in [0, 0.05) is 13.1 Å². The standard InChI is InChI=1S/C21H17F3N4O4/c22-21(23,24)14-8-4-7-13(9-14)11-26-20(32)17-27-15(16(29)19(31)28-17)18(30)25-10-12-5-2-1-3-6-12/h1-9,29H,10-11H2,(H,25,30)(H,26,32)(H,27,28,31). The van der Waals surface area contributed by atoms with Gasteiger partial charge in [0.05, 0.1) is 5.56 Å². The monoisotopic (exact) mass is 446 g/mol. The zero-order valence-electron chi connectivity index (χ0n) is 16.3. The van der Waals surface area contributed by atoms with Crippen LogP contribution in [0.1, 0.15) is 37.8 Å². The van der Waals surface area contributed by atoms with Crippen LogP contribution in [-0.4, -0.2) is 32.0 Å². The Hall–Kier alpha value is -4.15. The van der Waals surface area contributed by atoms with Gasteiger partial charge in [-0.2, -0.15) is 18.2 Å². The fourth-order valence-electron chi connectivity index (χ4n) is 2.68. The minimum absolute atomic E-state index is 0.0982. The Labute approximate surface area is 179 Å². The van der Waals surface area contributed by atoms with Gasteiger partial charge in [-0.15, -0.1) is 0 Å². The van der Waals surface area contributed by atoms with E-state index in [0.717, 1.165) is 17.7 Å². The highest BCUT2D eigenvalue weighted by Gasteiger charge is 2.30. The van der Waals surface area contributed by atoms with Crippen molar-refractivity contribution in [1.29, 1.82) is 0 Å². The maximum Gasteiger partial charge on any atom is 0.416 e. The molecule has 0 saturated carbocycles. The van der Waals surface area contributed by atoms with Gasteiger partial charge < -0.3 is 20.8 Å². The number of aromatic nitrogens is 2. The predicted molar refractivity (Wildman–Crippen MR) is 106 cm³/mol. The lowest BCUT2D eigenvalue weighted by Crippen LogP contribution is -2.28. The van der Waals surface area contributed by atoms with Gasteiger partial charge in [0.1, 0.15) is 0 Å². The summed E-state index contributed by atoms with van der Waals surface area (Å²) in [7, 11) is 0. The third kappa shape index (κ3) is 5.50. The number of rotatable bonds is 6. The van der Waals surface area contributed by atoms with Crippen LogP contribution in [0.5, 0.6) is 11.6 Å². The Balaban J connectivity index is 1.72. The average molecular weight is 446 g/mol. The number of aromatic hydroxyl groups is 2. The van der Waals surface area contributed by atoms with Crippen LogP contribution >= 0.6 is 0 Å². The fourth-order valence-corrected chi connectivity index (χ4v) is 2.68. The van der Waals surface area contributed by atoms with Gasteiger partial charge in [-0.05, 0) is 23.3 Å². The maximum atomic E-state index is 12.8. The molecule has 0 bridgehead atoms. The van der Waals surface area contributed by atoms with E-state index in [9.17, 15) is 33.0 Å². The molecule has 0 aliphatic carbocycles. The summed E-state index contributed by atoms with van der Waals surface area (Å²) >= 11 is 0. The first-order valence-corrected chi connectivity index (χ1v) is 9.21. The van der Waals surface area contributed by atoms with E-state index in [1.165, 1.54) is 12.1 Å². The number of alkyl halides is 3. The first-order chi connectivity index (χ1) is 15.1. The number of nitrogens with one attached hydrogen (secondary N) is 2. The van der Waals surface area contributed by atoms with Crippen LogP contribution in [0.3, 0.4) is 0 Å². The number of carbonyl (C=O) groups excluding carboxylic acids is 2. The third-order valence-electron chi connectivity index (χ3n) is 4.29. The van der Waals surface area contributed by atoms with Crippen LogP contribution in [0.15, 0.2) is 54.6 Å². The first-order valence-electron chi connectivity index (χ1n) is 9.21. The number of hydrogen-bond acceptors (Lipinski definition) is 6. The molecule has 3 rings (SSSR count). The summed E-state index contributed by atoms with van der Waals surface area (Å²) in [5.41, 5.74) is -0.576. The van der Waals surface area contributed by atoms with Gasteiger partial charge in [-0.1, -0.05) is 42.5 Å². The van der Waals surface area contributed by atoms with Crippen molar-refractivity contribution < 1.29 is 33.0 Å². The minimum atomic E-state index is -4.53. The lowest BCUT2D eigenvalue weighted by atomic mass is 10.1. The molecule has 1 heterocycles. The topological polar surface area (TPSA) is 124 Å². The average Bonchev–Trinajstić information content (AvgIpc) is 2.78. The van der Waals surface area contributed by atoms with Crippen LogP contribution in [0.4, 0.5) is 13.2 Å². The molecule has 1 aromatic heterocycles. The molecule has 0 atom stereocenters. The second-order valence-corrected chi connectivity index (χ2v) is 6.62. The van der Waals surface area contributed by atoms with E-state index in [1.807, 2.05) is 0 Å². The Morgan fingerprint density at radius 2 is 1.47 bits per heavy atom. The number of amides is 2. The highest BCUT2D eigenvalue weighted by atomic mass is 19.4. The van der Waals surface area contributed by atoms with E-state index >= 15 is 0 Å². The molecule has 0 saturated heterocycles. The Morgan fingerprint density at radius 1 is 0.844 bits per heavy atom. The van der Waals surface area contributed by atoms with E-state index in [2.05, 4.69) is 20.6 Å². The molecule has 0 fully saturated rings. The molecule has 0 aliphatic heterocycles. The molecule has 11 heteroatoms. The van der Waals surface area contributed by atoms with E-state index < -0.39 is 46.7 Å². The van der Waals surface area contributed by atoms with E-state index in [4.69, 9.17) is 0 Å². The highest BCUT2D eigenvalue weighted by molar-refractivity contribution is 5.97. The second kappa shape index (κ2) is 9.33. The molecule has 0 unspecified atom stereocenters. The van der Waals surface area contributed by atoms with Crippen LogP contribution in [0.2, 0.25) is 0 Å². The van der Waals surface area contributed by atoms with Crippen LogP contribution < -0.4 is 10.6 Å². The van der Waals surface area contributed by atoms with E-state index in [0.29, 0.717) is 0 Å². The summed E-state index contributed by atoms with van der Waals surface area (Å²) in [4.78, 5) is 31.8. The third-order valence-corrected chi connectivity index (χ3v) is 4.29. The summed E-state index contributed by atoms with van der Waals surface area (Å²) < 4.78 is 38.4. The summed E-state index contributed by atoms with van der Waals surface area (Å²) in [6.45, 7) is -0.190. The smallest absolute Gasteiger partial charge is 0.416 e. The number of halogens is 3. The van der Waals surface area contributed by atoms with Crippen LogP contribution in [0, 0.1) is 0 Å². The van der Waals surface area contributed by atoms with Crippen molar-refractivity contribution in [3.63, 3.8) is 0 Å². The zero-order valence-corrected chi connectivity index (χ0v) is 16.3. The molecular weight excluding hydrogens is 429 g/mol. The molecule has 3 aromatic rings. The lowest BCUT2D eigenvalue weighted by molar-refractivity contribution is -0.137. The van der Waals surface area contributed by atoms with Crippen molar-refractivity contribution in [2.45, 2.75) is 19.3 Å². The van der Waals surface area contributed by atoms with Crippen molar-refractivity contribution in [3.05, 3.63) is 82.8 Å². The van der Waals surface area contributed by atoms with Crippen molar-refractivity contribution in [2.24, 2.45) is 0 Å². The molecule has 166 valence electrons. The van der Waals surface area contributed by atoms with Gasteiger partial charge in [0.25, 0.3) is 17.7 Å². The summed E-state index contributed by atoms with van der Waals surface area (Å²) in [5.74, 6) is -4.37. The quantitative estimate of drug-likeness (QED) is 0.462. The van der Waals surface area contributed by atoms with Crippen LogP contribution in [0.25, 0.3) is 0 Å². The van der Waals surface area contributed by atoms with Gasteiger partial charge in [0.15, 0.2) is 5.69 Å².